The van der Waals surface area contributed by atoms with Crippen LogP contribution in [0.15, 0.2) is 0 Å². The van der Waals surface area contributed by atoms with E-state index in [0.717, 1.165) is 108 Å². The van der Waals surface area contributed by atoms with Gasteiger partial charge in [0.2, 0.25) is 0 Å². The smallest absolute Gasteiger partial charge is 0.462 e. The molecule has 0 aliphatic carbocycles. The number of phosphoric ester groups is 2. The number of carbonyl (C=O) groups is 4. The molecule has 0 amide bonds. The molecule has 0 fully saturated rings. The minimum absolute atomic E-state index is 0.105. The molecule has 0 rings (SSSR count). The standard InChI is InChI=1S/C71H138O17P2/c1-8-10-11-12-13-14-17-23-31-38-45-52-68(73)81-59-67(88-71(76)55-48-41-34-27-26-30-37-44-51-64(7)9-2)61-86-90(79,80)84-57-65(72)56-83-89(77,78)85-60-66(58-82-69(74)53-46-39-32-25-20-22-29-36-43-50-63(5)6)87-70(75)54-47-40-33-24-19-16-15-18-21-28-35-42-49-62(3)4/h62-67,72H,8-61H2,1-7H3,(H,77,78)(H,79,80)/t64?,65-,66-,67-/m1/s1. The number of carbonyl (C=O) groups excluding carboxylic acids is 4. The van der Waals surface area contributed by atoms with Crippen LogP contribution in [-0.2, 0) is 65.4 Å². The number of esters is 4. The van der Waals surface area contributed by atoms with Gasteiger partial charge >= 0.3 is 39.5 Å². The topological polar surface area (TPSA) is 237 Å². The molecule has 3 unspecified atom stereocenters. The molecule has 0 saturated heterocycles. The molecule has 0 saturated carbocycles. The van der Waals surface area contributed by atoms with Crippen LogP contribution in [0.4, 0.5) is 0 Å². The van der Waals surface area contributed by atoms with Crippen LogP contribution in [0.3, 0.4) is 0 Å². The van der Waals surface area contributed by atoms with Crippen molar-refractivity contribution >= 4 is 39.5 Å². The second-order valence-electron chi connectivity index (χ2n) is 26.8. The summed E-state index contributed by atoms with van der Waals surface area (Å²) in [5.41, 5.74) is 0. The first kappa shape index (κ1) is 88.1. The van der Waals surface area contributed by atoms with Crippen LogP contribution in [0.2, 0.25) is 0 Å². The molecule has 90 heavy (non-hydrogen) atoms. The molecule has 534 valence electrons. The third-order valence-electron chi connectivity index (χ3n) is 16.7. The van der Waals surface area contributed by atoms with E-state index in [1.54, 1.807) is 0 Å². The van der Waals surface area contributed by atoms with Crippen molar-refractivity contribution in [2.75, 3.05) is 39.6 Å². The van der Waals surface area contributed by atoms with Gasteiger partial charge in [-0.15, -0.1) is 0 Å². The van der Waals surface area contributed by atoms with Crippen molar-refractivity contribution in [3.8, 4) is 0 Å². The van der Waals surface area contributed by atoms with E-state index in [0.29, 0.717) is 25.7 Å². The minimum atomic E-state index is -4.95. The van der Waals surface area contributed by atoms with E-state index in [9.17, 15) is 43.2 Å². The second kappa shape index (κ2) is 61.9. The summed E-state index contributed by atoms with van der Waals surface area (Å²) >= 11 is 0. The van der Waals surface area contributed by atoms with Gasteiger partial charge in [0.1, 0.15) is 19.3 Å². The quantitative estimate of drug-likeness (QED) is 0.0222. The van der Waals surface area contributed by atoms with Crippen LogP contribution in [0.25, 0.3) is 0 Å². The molecule has 0 heterocycles. The Bertz CT molecular complexity index is 1770. The van der Waals surface area contributed by atoms with E-state index in [4.69, 9.17) is 37.0 Å². The maximum atomic E-state index is 13.0. The van der Waals surface area contributed by atoms with Crippen LogP contribution in [-0.4, -0.2) is 96.7 Å². The Kier molecular flexibility index (Phi) is 60.6. The summed E-state index contributed by atoms with van der Waals surface area (Å²) < 4.78 is 68.3. The maximum absolute atomic E-state index is 13.0. The van der Waals surface area contributed by atoms with Gasteiger partial charge in [-0.3, -0.25) is 37.3 Å². The van der Waals surface area contributed by atoms with Crippen LogP contribution in [0.5, 0.6) is 0 Å². The average Bonchev–Trinajstić information content (AvgIpc) is 3.20. The minimum Gasteiger partial charge on any atom is -0.462 e. The summed E-state index contributed by atoms with van der Waals surface area (Å²) in [5, 5.41) is 10.6. The zero-order valence-electron chi connectivity index (χ0n) is 58.6. The Morgan fingerprint density at radius 2 is 0.567 bits per heavy atom. The molecule has 17 nitrogen and oxygen atoms in total. The number of aliphatic hydroxyl groups excluding tert-OH is 1. The van der Waals surface area contributed by atoms with E-state index in [1.165, 1.54) is 167 Å². The number of hydrogen-bond acceptors (Lipinski definition) is 15. The van der Waals surface area contributed by atoms with Crippen molar-refractivity contribution < 1.29 is 80.2 Å². The summed E-state index contributed by atoms with van der Waals surface area (Å²) in [6.45, 7) is 11.8. The number of aliphatic hydroxyl groups is 1. The Morgan fingerprint density at radius 3 is 0.844 bits per heavy atom. The molecular formula is C71H138O17P2. The van der Waals surface area contributed by atoms with Crippen molar-refractivity contribution in [3.05, 3.63) is 0 Å². The lowest BCUT2D eigenvalue weighted by atomic mass is 9.99. The molecule has 19 heteroatoms. The van der Waals surface area contributed by atoms with Crippen LogP contribution < -0.4 is 0 Å². The van der Waals surface area contributed by atoms with Gasteiger partial charge in [-0.2, -0.15) is 0 Å². The van der Waals surface area contributed by atoms with Gasteiger partial charge < -0.3 is 33.8 Å². The molecule has 0 radical (unpaired) electrons. The summed E-state index contributed by atoms with van der Waals surface area (Å²) in [4.78, 5) is 72.6. The van der Waals surface area contributed by atoms with Crippen LogP contribution in [0, 0.1) is 17.8 Å². The molecule has 6 atom stereocenters. The molecule has 0 aromatic carbocycles. The third-order valence-corrected chi connectivity index (χ3v) is 18.6. The van der Waals surface area contributed by atoms with Crippen molar-refractivity contribution in [1.29, 1.82) is 0 Å². The highest BCUT2D eigenvalue weighted by Crippen LogP contribution is 2.45. The Labute approximate surface area is 549 Å². The fourth-order valence-corrected chi connectivity index (χ4v) is 12.3. The molecule has 0 aromatic rings. The Balaban J connectivity index is 5.26. The Hall–Kier alpha value is -1.94. The number of ether oxygens (including phenoxy) is 4. The lowest BCUT2D eigenvalue weighted by molar-refractivity contribution is -0.161. The van der Waals surface area contributed by atoms with E-state index in [1.807, 2.05) is 0 Å². The maximum Gasteiger partial charge on any atom is 0.472 e. The molecule has 0 spiro atoms. The summed E-state index contributed by atoms with van der Waals surface area (Å²) in [7, 11) is -9.90. The summed E-state index contributed by atoms with van der Waals surface area (Å²) in [5.74, 6) is 0.165. The number of unbranched alkanes of at least 4 members (excludes halogenated alkanes) is 36. The van der Waals surface area contributed by atoms with Gasteiger partial charge in [-0.1, -0.05) is 305 Å². The van der Waals surface area contributed by atoms with Gasteiger partial charge in [-0.05, 0) is 43.4 Å². The molecule has 0 aliphatic rings. The van der Waals surface area contributed by atoms with Crippen LogP contribution >= 0.6 is 15.6 Å². The third kappa shape index (κ3) is 63.5. The lowest BCUT2D eigenvalue weighted by Crippen LogP contribution is -2.30. The molecular weight excluding hydrogens is 1190 g/mol. The van der Waals surface area contributed by atoms with Gasteiger partial charge in [0.15, 0.2) is 12.2 Å². The zero-order chi connectivity index (χ0) is 66.6. The fourth-order valence-electron chi connectivity index (χ4n) is 10.7. The average molecular weight is 1330 g/mol. The second-order valence-corrected chi connectivity index (χ2v) is 29.7. The predicted octanol–water partition coefficient (Wildman–Crippen LogP) is 20.2. The molecule has 0 aliphatic heterocycles. The van der Waals surface area contributed by atoms with E-state index in [2.05, 4.69) is 48.5 Å². The van der Waals surface area contributed by atoms with Gasteiger partial charge in [0.05, 0.1) is 26.4 Å². The van der Waals surface area contributed by atoms with Crippen LogP contribution in [0.1, 0.15) is 357 Å². The highest BCUT2D eigenvalue weighted by Gasteiger charge is 2.30. The summed E-state index contributed by atoms with van der Waals surface area (Å²) in [6.07, 6.45) is 45.7. The SMILES string of the molecule is CCCCCCCCCCCCCC(=O)OC[C@H](COP(=O)(O)OC[C@H](O)COP(=O)(O)OC[C@@H](COC(=O)CCCCCCCCCCCC(C)C)OC(=O)CCCCCCCCCCCCCCC(C)C)OC(=O)CCCCCCCCCCC(C)CC. The summed E-state index contributed by atoms with van der Waals surface area (Å²) in [6, 6.07) is 0. The fraction of sp³-hybridized carbons (Fsp3) is 0.944. The molecule has 3 N–H and O–H groups in total. The first-order valence-corrected chi connectivity index (χ1v) is 39.9. The number of phosphoric acid groups is 2. The first-order chi connectivity index (χ1) is 43.3. The van der Waals surface area contributed by atoms with Gasteiger partial charge in [-0.25, -0.2) is 9.13 Å². The highest BCUT2D eigenvalue weighted by molar-refractivity contribution is 7.47. The zero-order valence-corrected chi connectivity index (χ0v) is 60.4. The number of hydrogen-bond donors (Lipinski definition) is 3. The number of rotatable bonds is 69. The van der Waals surface area contributed by atoms with Gasteiger partial charge in [0.25, 0.3) is 0 Å². The molecule has 0 bridgehead atoms. The molecule has 0 aromatic heterocycles. The monoisotopic (exact) mass is 1320 g/mol. The van der Waals surface area contributed by atoms with Crippen molar-refractivity contribution in [1.82, 2.24) is 0 Å². The first-order valence-electron chi connectivity index (χ1n) is 36.9. The van der Waals surface area contributed by atoms with Crippen molar-refractivity contribution in [2.24, 2.45) is 17.8 Å². The van der Waals surface area contributed by atoms with E-state index in [-0.39, 0.29) is 25.7 Å². The lowest BCUT2D eigenvalue weighted by Gasteiger charge is -2.21. The normalized spacial score (nSPS) is 14.5. The van der Waals surface area contributed by atoms with Crippen molar-refractivity contribution in [3.63, 3.8) is 0 Å². The largest absolute Gasteiger partial charge is 0.472 e. The van der Waals surface area contributed by atoms with Gasteiger partial charge in [0, 0.05) is 25.7 Å². The highest BCUT2D eigenvalue weighted by atomic mass is 31.2. The van der Waals surface area contributed by atoms with E-state index >= 15 is 0 Å². The predicted molar refractivity (Wildman–Crippen MR) is 363 cm³/mol. The van der Waals surface area contributed by atoms with Crippen molar-refractivity contribution in [2.45, 2.75) is 375 Å². The van der Waals surface area contributed by atoms with E-state index < -0.39 is 97.5 Å². The Morgan fingerprint density at radius 1 is 0.322 bits per heavy atom.